The van der Waals surface area contributed by atoms with Crippen molar-refractivity contribution in [1.29, 1.82) is 0 Å². The fourth-order valence-electron chi connectivity index (χ4n) is 1.99. The summed E-state index contributed by atoms with van der Waals surface area (Å²) in [4.78, 5) is 11.4. The third-order valence-corrected chi connectivity index (χ3v) is 3.15. The molecule has 0 aromatic heterocycles. The third-order valence-electron chi connectivity index (χ3n) is 3.15. The number of hydrogen-bond donors (Lipinski definition) is 0. The van der Waals surface area contributed by atoms with Crippen LogP contribution in [0.25, 0.3) is 0 Å². The van der Waals surface area contributed by atoms with Crippen LogP contribution in [0.4, 0.5) is 13.2 Å². The van der Waals surface area contributed by atoms with E-state index in [1.165, 1.54) is 6.07 Å². The monoisotopic (exact) mass is 242 g/mol. The first-order valence-corrected chi connectivity index (χ1v) is 5.65. The lowest BCUT2D eigenvalue weighted by molar-refractivity contribution is -0.125. The van der Waals surface area contributed by atoms with Crippen LogP contribution in [0.3, 0.4) is 0 Å². The molecule has 0 spiro atoms. The minimum atomic E-state index is -4.43. The average Bonchev–Trinajstić information content (AvgIpc) is 2.12. The van der Waals surface area contributed by atoms with Crippen LogP contribution in [0, 0.1) is 0 Å². The van der Waals surface area contributed by atoms with E-state index < -0.39 is 18.4 Å². The van der Waals surface area contributed by atoms with E-state index in [1.807, 2.05) is 6.07 Å². The molecule has 0 aliphatic heterocycles. The highest BCUT2D eigenvalue weighted by Crippen LogP contribution is 2.36. The van der Waals surface area contributed by atoms with Crippen LogP contribution in [0.1, 0.15) is 47.5 Å². The largest absolute Gasteiger partial charge is 0.396 e. The molecule has 1 saturated carbocycles. The first-order chi connectivity index (χ1) is 7.96. The molecule has 17 heavy (non-hydrogen) atoms. The number of ketones is 1. The molecule has 0 saturated heterocycles. The van der Waals surface area contributed by atoms with Gasteiger partial charge in [0.1, 0.15) is 6.42 Å². The topological polar surface area (TPSA) is 17.1 Å². The van der Waals surface area contributed by atoms with Crippen LogP contribution in [-0.2, 0) is 0 Å². The zero-order valence-corrected chi connectivity index (χ0v) is 9.26. The van der Waals surface area contributed by atoms with Gasteiger partial charge in [-0.3, -0.25) is 4.79 Å². The molecule has 0 unspecified atom stereocenters. The predicted molar refractivity (Wildman–Crippen MR) is 58.0 cm³/mol. The molecule has 0 heterocycles. The summed E-state index contributed by atoms with van der Waals surface area (Å²) in [6.07, 6.45) is -2.51. The molecule has 92 valence electrons. The maximum Gasteiger partial charge on any atom is 0.396 e. The summed E-state index contributed by atoms with van der Waals surface area (Å²) in [5.74, 6) is -0.424. The Hall–Kier alpha value is -1.32. The molecule has 0 bridgehead atoms. The van der Waals surface area contributed by atoms with Crippen LogP contribution in [0.15, 0.2) is 24.3 Å². The van der Waals surface area contributed by atoms with Crippen LogP contribution in [-0.4, -0.2) is 12.0 Å². The lowest BCUT2D eigenvalue weighted by Crippen LogP contribution is -2.16. The molecule has 0 amide bonds. The lowest BCUT2D eigenvalue weighted by Gasteiger charge is -2.26. The van der Waals surface area contributed by atoms with Gasteiger partial charge in [-0.15, -0.1) is 0 Å². The van der Waals surface area contributed by atoms with Gasteiger partial charge in [-0.2, -0.15) is 13.2 Å². The van der Waals surface area contributed by atoms with Crippen molar-refractivity contribution in [2.45, 2.75) is 37.8 Å². The highest BCUT2D eigenvalue weighted by Gasteiger charge is 2.31. The van der Waals surface area contributed by atoms with Crippen molar-refractivity contribution in [3.8, 4) is 0 Å². The van der Waals surface area contributed by atoms with Gasteiger partial charge in [0.2, 0.25) is 0 Å². The molecule has 1 aromatic rings. The first-order valence-electron chi connectivity index (χ1n) is 5.65. The number of alkyl halides is 3. The maximum absolute atomic E-state index is 12.1. The van der Waals surface area contributed by atoms with Crippen LogP contribution < -0.4 is 0 Å². The number of carbonyl (C=O) groups excluding carboxylic acids is 1. The summed E-state index contributed by atoms with van der Waals surface area (Å²) in [5, 5.41) is 0. The van der Waals surface area contributed by atoms with Crippen molar-refractivity contribution in [3.63, 3.8) is 0 Å². The Labute approximate surface area is 97.6 Å². The van der Waals surface area contributed by atoms with Gasteiger partial charge in [0.25, 0.3) is 0 Å². The van der Waals surface area contributed by atoms with E-state index in [2.05, 4.69) is 0 Å². The molecule has 1 aliphatic rings. The predicted octanol–water partition coefficient (Wildman–Crippen LogP) is 4.09. The standard InChI is InChI=1S/C13H13F3O/c14-13(15,16)8-12(17)11-6-2-5-10(7-11)9-3-1-4-9/h2,5-7,9H,1,3-4,8H2. The zero-order valence-electron chi connectivity index (χ0n) is 9.26. The Balaban J connectivity index is 2.12. The van der Waals surface area contributed by atoms with Gasteiger partial charge in [-0.05, 0) is 30.4 Å². The summed E-state index contributed by atoms with van der Waals surface area (Å²) in [5.41, 5.74) is 1.16. The number of Topliss-reactive ketones (excluding diaryl/α,β-unsaturated/α-hetero) is 1. The van der Waals surface area contributed by atoms with E-state index in [0.717, 1.165) is 24.8 Å². The molecule has 0 atom stereocenters. The van der Waals surface area contributed by atoms with Crippen molar-refractivity contribution in [2.24, 2.45) is 0 Å². The van der Waals surface area contributed by atoms with Gasteiger partial charge in [-0.1, -0.05) is 24.6 Å². The minimum absolute atomic E-state index is 0.173. The number of carbonyl (C=O) groups is 1. The normalized spacial score (nSPS) is 16.6. The molecular weight excluding hydrogens is 229 g/mol. The second-order valence-corrected chi connectivity index (χ2v) is 4.47. The third kappa shape index (κ3) is 3.08. The van der Waals surface area contributed by atoms with E-state index in [1.54, 1.807) is 12.1 Å². The Kier molecular flexibility index (Phi) is 3.22. The molecule has 0 N–H and O–H groups in total. The van der Waals surface area contributed by atoms with E-state index in [-0.39, 0.29) is 5.56 Å². The summed E-state index contributed by atoms with van der Waals surface area (Å²) in [7, 11) is 0. The van der Waals surface area contributed by atoms with Gasteiger partial charge >= 0.3 is 6.18 Å². The van der Waals surface area contributed by atoms with Gasteiger partial charge in [-0.25, -0.2) is 0 Å². The fourth-order valence-corrected chi connectivity index (χ4v) is 1.99. The lowest BCUT2D eigenvalue weighted by atomic mass is 9.79. The number of benzene rings is 1. The molecule has 1 aliphatic carbocycles. The van der Waals surface area contributed by atoms with Crippen molar-refractivity contribution in [1.82, 2.24) is 0 Å². The van der Waals surface area contributed by atoms with Crippen molar-refractivity contribution < 1.29 is 18.0 Å². The van der Waals surface area contributed by atoms with Crippen LogP contribution >= 0.6 is 0 Å². The number of rotatable bonds is 3. The Morgan fingerprint density at radius 1 is 1.29 bits per heavy atom. The molecule has 1 aromatic carbocycles. The average molecular weight is 242 g/mol. The van der Waals surface area contributed by atoms with Gasteiger partial charge < -0.3 is 0 Å². The van der Waals surface area contributed by atoms with E-state index >= 15 is 0 Å². The highest BCUT2D eigenvalue weighted by atomic mass is 19.4. The fraction of sp³-hybridized carbons (Fsp3) is 0.462. The first kappa shape index (κ1) is 12.1. The molecule has 2 rings (SSSR count). The van der Waals surface area contributed by atoms with E-state index in [9.17, 15) is 18.0 Å². The van der Waals surface area contributed by atoms with E-state index in [4.69, 9.17) is 0 Å². The second-order valence-electron chi connectivity index (χ2n) is 4.47. The molecule has 4 heteroatoms. The Morgan fingerprint density at radius 2 is 2.00 bits per heavy atom. The quantitative estimate of drug-likeness (QED) is 0.729. The van der Waals surface area contributed by atoms with Gasteiger partial charge in [0.05, 0.1) is 0 Å². The summed E-state index contributed by atoms with van der Waals surface area (Å²) in [6, 6.07) is 6.61. The zero-order chi connectivity index (χ0) is 12.5. The SMILES string of the molecule is O=C(CC(F)(F)F)c1cccc(C2CCC2)c1. The molecule has 1 nitrogen and oxygen atoms in total. The Morgan fingerprint density at radius 3 is 2.53 bits per heavy atom. The highest BCUT2D eigenvalue weighted by molar-refractivity contribution is 5.96. The summed E-state index contributed by atoms with van der Waals surface area (Å²) < 4.78 is 36.3. The van der Waals surface area contributed by atoms with Crippen molar-refractivity contribution in [2.75, 3.05) is 0 Å². The van der Waals surface area contributed by atoms with Crippen LogP contribution in [0.5, 0.6) is 0 Å². The number of hydrogen-bond acceptors (Lipinski definition) is 1. The summed E-state index contributed by atoms with van der Waals surface area (Å²) >= 11 is 0. The van der Waals surface area contributed by atoms with Gasteiger partial charge in [0.15, 0.2) is 5.78 Å². The minimum Gasteiger partial charge on any atom is -0.294 e. The molecule has 0 radical (unpaired) electrons. The van der Waals surface area contributed by atoms with Crippen molar-refractivity contribution >= 4 is 5.78 Å². The van der Waals surface area contributed by atoms with E-state index in [0.29, 0.717) is 5.92 Å². The van der Waals surface area contributed by atoms with Gasteiger partial charge in [0, 0.05) is 5.56 Å². The number of halogens is 3. The maximum atomic E-state index is 12.1. The van der Waals surface area contributed by atoms with Crippen LogP contribution in [0.2, 0.25) is 0 Å². The van der Waals surface area contributed by atoms with Crippen molar-refractivity contribution in [3.05, 3.63) is 35.4 Å². The molecule has 1 fully saturated rings. The second kappa shape index (κ2) is 4.51. The summed E-state index contributed by atoms with van der Waals surface area (Å²) in [6.45, 7) is 0. The molecular formula is C13H13F3O. The smallest absolute Gasteiger partial charge is 0.294 e. The Bertz CT molecular complexity index is 419.